The van der Waals surface area contributed by atoms with Crippen LogP contribution in [-0.2, 0) is 0 Å². The van der Waals surface area contributed by atoms with Crippen LogP contribution in [0.2, 0.25) is 5.02 Å². The van der Waals surface area contributed by atoms with Gasteiger partial charge < -0.3 is 24.8 Å². The van der Waals surface area contributed by atoms with Crippen molar-refractivity contribution in [3.05, 3.63) is 40.8 Å². The molecule has 0 spiro atoms. The summed E-state index contributed by atoms with van der Waals surface area (Å²) in [6.07, 6.45) is -0.0418. The van der Waals surface area contributed by atoms with Gasteiger partial charge in [-0.25, -0.2) is 9.37 Å². The standard InChI is InChI=1S/C20H22ClFN4O4/c1-10(2)29-18-5-12(4-11(3)24-18)20-25-19(26-30-20)14-6-16(22)17(7-15(14)21)28-9-13(23)8-27/h4-7,10,13,27H,8-9,23H2,1-3H3/t13-/m1/s1. The van der Waals surface area contributed by atoms with E-state index in [9.17, 15) is 4.39 Å². The zero-order valence-corrected chi connectivity index (χ0v) is 17.5. The second-order valence-electron chi connectivity index (χ2n) is 6.94. The van der Waals surface area contributed by atoms with E-state index in [1.807, 2.05) is 20.8 Å². The van der Waals surface area contributed by atoms with Gasteiger partial charge in [0.25, 0.3) is 5.89 Å². The van der Waals surface area contributed by atoms with E-state index in [0.29, 0.717) is 11.4 Å². The monoisotopic (exact) mass is 436 g/mol. The van der Waals surface area contributed by atoms with Crippen molar-refractivity contribution in [2.45, 2.75) is 32.9 Å². The largest absolute Gasteiger partial charge is 0.489 e. The highest BCUT2D eigenvalue weighted by Gasteiger charge is 2.18. The van der Waals surface area contributed by atoms with E-state index in [1.54, 1.807) is 12.1 Å². The summed E-state index contributed by atoms with van der Waals surface area (Å²) in [4.78, 5) is 8.64. The summed E-state index contributed by atoms with van der Waals surface area (Å²) >= 11 is 6.27. The summed E-state index contributed by atoms with van der Waals surface area (Å²) in [7, 11) is 0. The lowest BCUT2D eigenvalue weighted by molar-refractivity contribution is 0.202. The number of hydrogen-bond acceptors (Lipinski definition) is 8. The van der Waals surface area contributed by atoms with Gasteiger partial charge in [0.05, 0.1) is 23.8 Å². The van der Waals surface area contributed by atoms with Gasteiger partial charge in [-0.1, -0.05) is 16.8 Å². The average Bonchev–Trinajstić information content (AvgIpc) is 3.17. The Morgan fingerprint density at radius 1 is 1.23 bits per heavy atom. The summed E-state index contributed by atoms with van der Waals surface area (Å²) in [6.45, 7) is 5.28. The van der Waals surface area contributed by atoms with E-state index in [-0.39, 0.29) is 47.4 Å². The summed E-state index contributed by atoms with van der Waals surface area (Å²) in [5.74, 6) is 0.0180. The molecule has 0 aliphatic carbocycles. The molecule has 0 amide bonds. The zero-order valence-electron chi connectivity index (χ0n) is 16.7. The Bertz CT molecular complexity index is 1030. The lowest BCUT2D eigenvalue weighted by Crippen LogP contribution is -2.31. The molecule has 0 bridgehead atoms. The maximum atomic E-state index is 14.4. The molecule has 2 heterocycles. The van der Waals surface area contributed by atoms with E-state index in [0.717, 1.165) is 11.8 Å². The third kappa shape index (κ3) is 5.24. The molecule has 0 radical (unpaired) electrons. The van der Waals surface area contributed by atoms with E-state index in [2.05, 4.69) is 15.1 Å². The topological polar surface area (TPSA) is 117 Å². The van der Waals surface area contributed by atoms with Crippen molar-refractivity contribution in [3.63, 3.8) is 0 Å². The number of halogens is 2. The van der Waals surface area contributed by atoms with Gasteiger partial charge >= 0.3 is 0 Å². The first-order valence-electron chi connectivity index (χ1n) is 9.25. The summed E-state index contributed by atoms with van der Waals surface area (Å²) < 4.78 is 30.7. The molecule has 10 heteroatoms. The SMILES string of the molecule is Cc1cc(-c2nc(-c3cc(F)c(OC[C@H](N)CO)cc3Cl)no2)cc(OC(C)C)n1. The third-order valence-electron chi connectivity index (χ3n) is 3.91. The van der Waals surface area contributed by atoms with Gasteiger partial charge in [0.1, 0.15) is 6.61 Å². The first-order chi connectivity index (χ1) is 14.3. The van der Waals surface area contributed by atoms with Crippen LogP contribution in [0, 0.1) is 12.7 Å². The fourth-order valence-corrected chi connectivity index (χ4v) is 2.81. The normalized spacial score (nSPS) is 12.3. The quantitative estimate of drug-likeness (QED) is 0.552. The van der Waals surface area contributed by atoms with Crippen molar-refractivity contribution < 1.29 is 23.5 Å². The molecule has 1 aromatic carbocycles. The van der Waals surface area contributed by atoms with Crippen LogP contribution in [0.15, 0.2) is 28.8 Å². The Labute approximate surface area is 177 Å². The average molecular weight is 437 g/mol. The van der Waals surface area contributed by atoms with Crippen LogP contribution in [0.25, 0.3) is 22.8 Å². The van der Waals surface area contributed by atoms with Gasteiger partial charge in [0, 0.05) is 29.0 Å². The van der Waals surface area contributed by atoms with Crippen LogP contribution in [0.1, 0.15) is 19.5 Å². The van der Waals surface area contributed by atoms with E-state index in [1.165, 1.54) is 6.07 Å². The van der Waals surface area contributed by atoms with Gasteiger partial charge in [-0.15, -0.1) is 0 Å². The number of nitrogens with zero attached hydrogens (tertiary/aromatic N) is 3. The van der Waals surface area contributed by atoms with Gasteiger partial charge in [-0.3, -0.25) is 0 Å². The molecule has 0 fully saturated rings. The molecule has 2 aromatic heterocycles. The van der Waals surface area contributed by atoms with Crippen LogP contribution in [0.4, 0.5) is 4.39 Å². The Morgan fingerprint density at radius 2 is 2.00 bits per heavy atom. The Kier molecular flexibility index (Phi) is 6.86. The number of nitrogens with two attached hydrogens (primary N) is 1. The third-order valence-corrected chi connectivity index (χ3v) is 4.22. The fraction of sp³-hybridized carbons (Fsp3) is 0.350. The van der Waals surface area contributed by atoms with Crippen LogP contribution in [0.3, 0.4) is 0 Å². The number of aromatic nitrogens is 3. The van der Waals surface area contributed by atoms with Gasteiger partial charge in [0.2, 0.25) is 11.7 Å². The van der Waals surface area contributed by atoms with Crippen LogP contribution < -0.4 is 15.2 Å². The molecule has 8 nitrogen and oxygen atoms in total. The smallest absolute Gasteiger partial charge is 0.258 e. The number of aliphatic hydroxyl groups excluding tert-OH is 1. The molecule has 3 aromatic rings. The Hall–Kier alpha value is -2.75. The number of rotatable bonds is 8. The molecule has 30 heavy (non-hydrogen) atoms. The molecule has 3 N–H and O–H groups in total. The summed E-state index contributed by atoms with van der Waals surface area (Å²) in [5.41, 5.74) is 7.14. The van der Waals surface area contributed by atoms with E-state index >= 15 is 0 Å². The van der Waals surface area contributed by atoms with Crippen LogP contribution in [0.5, 0.6) is 11.6 Å². The van der Waals surface area contributed by atoms with Crippen molar-refractivity contribution >= 4 is 11.6 Å². The summed E-state index contributed by atoms with van der Waals surface area (Å²) in [5, 5.41) is 13.0. The van der Waals surface area contributed by atoms with Crippen LogP contribution in [-0.4, -0.2) is 45.6 Å². The number of benzene rings is 1. The highest BCUT2D eigenvalue weighted by atomic mass is 35.5. The van der Waals surface area contributed by atoms with Crippen molar-refractivity contribution in [3.8, 4) is 34.5 Å². The minimum absolute atomic E-state index is 0.0418. The van der Waals surface area contributed by atoms with Gasteiger partial charge in [-0.05, 0) is 32.9 Å². The molecule has 3 rings (SSSR count). The number of aliphatic hydroxyl groups is 1. The molecular weight excluding hydrogens is 415 g/mol. The molecular formula is C20H22ClFN4O4. The molecule has 1 atom stereocenters. The first kappa shape index (κ1) is 21.9. The minimum atomic E-state index is -0.668. The first-order valence-corrected chi connectivity index (χ1v) is 9.62. The maximum absolute atomic E-state index is 14.4. The van der Waals surface area contributed by atoms with Crippen molar-refractivity contribution in [2.75, 3.05) is 13.2 Å². The summed E-state index contributed by atoms with van der Waals surface area (Å²) in [6, 6.07) is 5.29. The van der Waals surface area contributed by atoms with Crippen molar-refractivity contribution in [1.82, 2.24) is 15.1 Å². The second-order valence-corrected chi connectivity index (χ2v) is 7.35. The van der Waals surface area contributed by atoms with Gasteiger partial charge in [0.15, 0.2) is 11.6 Å². The highest BCUT2D eigenvalue weighted by molar-refractivity contribution is 6.33. The lowest BCUT2D eigenvalue weighted by Gasteiger charge is -2.12. The molecule has 0 aliphatic heterocycles. The number of ether oxygens (including phenoxy) is 2. The molecule has 0 unspecified atom stereocenters. The highest BCUT2D eigenvalue weighted by Crippen LogP contribution is 2.33. The Morgan fingerprint density at radius 3 is 2.70 bits per heavy atom. The number of pyridine rings is 1. The number of hydrogen-bond donors (Lipinski definition) is 2. The van der Waals surface area contributed by atoms with Crippen LogP contribution >= 0.6 is 11.6 Å². The maximum Gasteiger partial charge on any atom is 0.258 e. The van der Waals surface area contributed by atoms with E-state index in [4.69, 9.17) is 36.4 Å². The molecule has 0 saturated carbocycles. The van der Waals surface area contributed by atoms with E-state index < -0.39 is 11.9 Å². The minimum Gasteiger partial charge on any atom is -0.489 e. The number of aryl methyl sites for hydroxylation is 1. The van der Waals surface area contributed by atoms with Crippen molar-refractivity contribution in [1.29, 1.82) is 0 Å². The van der Waals surface area contributed by atoms with Gasteiger partial charge in [-0.2, -0.15) is 4.98 Å². The van der Waals surface area contributed by atoms with Crippen molar-refractivity contribution in [2.24, 2.45) is 5.73 Å². The predicted octanol–water partition coefficient (Wildman–Crippen LogP) is 3.39. The molecule has 0 aliphatic rings. The lowest BCUT2D eigenvalue weighted by atomic mass is 10.2. The zero-order chi connectivity index (χ0) is 21.8. The Balaban J connectivity index is 1.87. The molecule has 160 valence electrons. The second kappa shape index (κ2) is 9.38. The predicted molar refractivity (Wildman–Crippen MR) is 109 cm³/mol. The molecule has 0 saturated heterocycles. The fourth-order valence-electron chi connectivity index (χ4n) is 2.57.